The molecular formula is C31H23N3. The van der Waals surface area contributed by atoms with Crippen molar-refractivity contribution in [3.8, 4) is 5.69 Å². The van der Waals surface area contributed by atoms with Crippen LogP contribution in [0, 0.1) is 0 Å². The summed E-state index contributed by atoms with van der Waals surface area (Å²) in [5.74, 6) is 0. The van der Waals surface area contributed by atoms with Crippen molar-refractivity contribution in [3.63, 3.8) is 0 Å². The van der Waals surface area contributed by atoms with E-state index >= 15 is 0 Å². The van der Waals surface area contributed by atoms with E-state index in [0.29, 0.717) is 0 Å². The summed E-state index contributed by atoms with van der Waals surface area (Å²) in [6.07, 6.45) is 1.91. The molecule has 0 radical (unpaired) electrons. The highest BCUT2D eigenvalue weighted by Gasteiger charge is 2.11. The average molecular weight is 438 g/mol. The summed E-state index contributed by atoms with van der Waals surface area (Å²) in [5.41, 5.74) is 6.64. The Labute approximate surface area is 198 Å². The van der Waals surface area contributed by atoms with Crippen LogP contribution < -0.4 is 5.01 Å². The van der Waals surface area contributed by atoms with Crippen molar-refractivity contribution in [2.24, 2.45) is 5.10 Å². The van der Waals surface area contributed by atoms with E-state index in [4.69, 9.17) is 5.10 Å². The molecule has 0 bridgehead atoms. The molecule has 1 heterocycles. The van der Waals surface area contributed by atoms with Crippen molar-refractivity contribution in [2.75, 3.05) is 5.01 Å². The number of anilines is 2. The first-order chi connectivity index (χ1) is 16.9. The van der Waals surface area contributed by atoms with Crippen molar-refractivity contribution in [1.82, 2.24) is 4.57 Å². The van der Waals surface area contributed by atoms with Gasteiger partial charge in [-0.3, -0.25) is 0 Å². The minimum atomic E-state index is 1.02. The molecule has 0 saturated carbocycles. The Morgan fingerprint density at radius 1 is 0.500 bits per heavy atom. The summed E-state index contributed by atoms with van der Waals surface area (Å²) in [7, 11) is 0. The van der Waals surface area contributed by atoms with Gasteiger partial charge >= 0.3 is 0 Å². The first kappa shape index (κ1) is 20.0. The van der Waals surface area contributed by atoms with Gasteiger partial charge in [-0.15, -0.1) is 0 Å². The summed E-state index contributed by atoms with van der Waals surface area (Å²) < 4.78 is 2.33. The lowest BCUT2D eigenvalue weighted by Crippen LogP contribution is -2.09. The van der Waals surface area contributed by atoms with Crippen molar-refractivity contribution in [2.45, 2.75) is 0 Å². The zero-order valence-electron chi connectivity index (χ0n) is 18.6. The van der Waals surface area contributed by atoms with E-state index in [1.807, 2.05) is 47.6 Å². The molecule has 0 aliphatic carbocycles. The number of fused-ring (bicyclic) bond motifs is 3. The van der Waals surface area contributed by atoms with Crippen molar-refractivity contribution >= 4 is 39.4 Å². The predicted octanol–water partition coefficient (Wildman–Crippen LogP) is 7.96. The van der Waals surface area contributed by atoms with E-state index in [1.54, 1.807) is 0 Å². The number of rotatable bonds is 5. The number of benzene rings is 5. The van der Waals surface area contributed by atoms with Gasteiger partial charge in [-0.2, -0.15) is 5.10 Å². The fourth-order valence-electron chi connectivity index (χ4n) is 4.46. The second-order valence-corrected chi connectivity index (χ2v) is 8.19. The summed E-state index contributed by atoms with van der Waals surface area (Å²) in [6, 6.07) is 46.1. The third-order valence-electron chi connectivity index (χ3n) is 6.06. The number of hydrazone groups is 1. The Bertz CT molecular complexity index is 1490. The maximum atomic E-state index is 4.83. The second kappa shape index (κ2) is 8.72. The van der Waals surface area contributed by atoms with Crippen LogP contribution in [0.1, 0.15) is 5.56 Å². The van der Waals surface area contributed by atoms with Gasteiger partial charge in [0, 0.05) is 16.5 Å². The van der Waals surface area contributed by atoms with Crippen LogP contribution in [-0.2, 0) is 0 Å². The van der Waals surface area contributed by atoms with Crippen LogP contribution in [0.3, 0.4) is 0 Å². The predicted molar refractivity (Wildman–Crippen MR) is 143 cm³/mol. The molecular weight excluding hydrogens is 414 g/mol. The zero-order valence-corrected chi connectivity index (χ0v) is 18.6. The van der Waals surface area contributed by atoms with Gasteiger partial charge < -0.3 is 4.57 Å². The maximum absolute atomic E-state index is 4.83. The molecule has 0 aliphatic rings. The molecule has 6 aromatic rings. The van der Waals surface area contributed by atoms with Gasteiger partial charge in [-0.1, -0.05) is 84.9 Å². The lowest BCUT2D eigenvalue weighted by molar-refractivity contribution is 1.09. The Hall–Kier alpha value is -4.63. The van der Waals surface area contributed by atoms with Crippen LogP contribution in [-0.4, -0.2) is 10.8 Å². The molecule has 0 unspecified atom stereocenters. The third-order valence-corrected chi connectivity index (χ3v) is 6.06. The molecule has 0 spiro atoms. The van der Waals surface area contributed by atoms with E-state index in [2.05, 4.69) is 102 Å². The molecule has 162 valence electrons. The van der Waals surface area contributed by atoms with Gasteiger partial charge in [-0.05, 0) is 54.1 Å². The maximum Gasteiger partial charge on any atom is 0.0652 e. The normalized spacial score (nSPS) is 11.4. The Morgan fingerprint density at radius 3 is 1.50 bits per heavy atom. The summed E-state index contributed by atoms with van der Waals surface area (Å²) in [4.78, 5) is 0. The number of hydrogen-bond acceptors (Lipinski definition) is 2. The van der Waals surface area contributed by atoms with Crippen LogP contribution in [0.5, 0.6) is 0 Å². The molecule has 6 rings (SSSR count). The molecule has 3 nitrogen and oxygen atoms in total. The first-order valence-corrected chi connectivity index (χ1v) is 11.4. The molecule has 0 atom stereocenters. The zero-order chi connectivity index (χ0) is 22.7. The van der Waals surface area contributed by atoms with Gasteiger partial charge in [0.05, 0.1) is 28.6 Å². The summed E-state index contributed by atoms with van der Waals surface area (Å²) >= 11 is 0. The number of nitrogens with zero attached hydrogens (tertiary/aromatic N) is 3. The lowest BCUT2D eigenvalue weighted by Gasteiger charge is -2.19. The summed E-state index contributed by atoms with van der Waals surface area (Å²) in [6.45, 7) is 0. The SMILES string of the molecule is C(=NN(c1ccccc1)c1ccccc1)c1ccc(-n2c3ccccc3c3ccccc32)cc1. The topological polar surface area (TPSA) is 20.5 Å². The van der Waals surface area contributed by atoms with Gasteiger partial charge in [0.25, 0.3) is 0 Å². The largest absolute Gasteiger partial charge is 0.309 e. The van der Waals surface area contributed by atoms with E-state index in [9.17, 15) is 0 Å². The highest BCUT2D eigenvalue weighted by atomic mass is 15.5. The second-order valence-electron chi connectivity index (χ2n) is 8.19. The van der Waals surface area contributed by atoms with Crippen molar-refractivity contribution < 1.29 is 0 Å². The lowest BCUT2D eigenvalue weighted by atomic mass is 10.2. The van der Waals surface area contributed by atoms with Gasteiger partial charge in [0.2, 0.25) is 0 Å². The van der Waals surface area contributed by atoms with Crippen LogP contribution >= 0.6 is 0 Å². The van der Waals surface area contributed by atoms with E-state index in [-0.39, 0.29) is 0 Å². The fourth-order valence-corrected chi connectivity index (χ4v) is 4.46. The molecule has 0 saturated heterocycles. The number of hydrogen-bond donors (Lipinski definition) is 0. The Kier molecular flexibility index (Phi) is 5.13. The number of para-hydroxylation sites is 4. The Morgan fingerprint density at radius 2 is 0.971 bits per heavy atom. The quantitative estimate of drug-likeness (QED) is 0.198. The smallest absolute Gasteiger partial charge is 0.0652 e. The molecule has 0 fully saturated rings. The number of aromatic nitrogens is 1. The standard InChI is InChI=1S/C31H23N3/c1-3-11-26(12-4-1)34(27-13-5-2-6-14-27)32-23-24-19-21-25(22-20-24)33-30-17-9-7-15-28(30)29-16-8-10-18-31(29)33/h1-23H. The van der Waals surface area contributed by atoms with Gasteiger partial charge in [0.1, 0.15) is 0 Å². The molecule has 5 aromatic carbocycles. The van der Waals surface area contributed by atoms with E-state index in [0.717, 1.165) is 22.6 Å². The van der Waals surface area contributed by atoms with Gasteiger partial charge in [-0.25, -0.2) is 5.01 Å². The van der Waals surface area contributed by atoms with Crippen molar-refractivity contribution in [3.05, 3.63) is 139 Å². The molecule has 1 aromatic heterocycles. The minimum Gasteiger partial charge on any atom is -0.309 e. The van der Waals surface area contributed by atoms with E-state index in [1.165, 1.54) is 21.8 Å². The van der Waals surface area contributed by atoms with Crippen LogP contribution in [0.4, 0.5) is 11.4 Å². The minimum absolute atomic E-state index is 1.02. The highest BCUT2D eigenvalue weighted by molar-refractivity contribution is 6.09. The van der Waals surface area contributed by atoms with Crippen LogP contribution in [0.2, 0.25) is 0 Å². The first-order valence-electron chi connectivity index (χ1n) is 11.4. The van der Waals surface area contributed by atoms with Crippen molar-refractivity contribution in [1.29, 1.82) is 0 Å². The molecule has 34 heavy (non-hydrogen) atoms. The molecule has 0 aliphatic heterocycles. The van der Waals surface area contributed by atoms with Crippen LogP contribution in [0.15, 0.2) is 139 Å². The van der Waals surface area contributed by atoms with E-state index < -0.39 is 0 Å². The summed E-state index contributed by atoms with van der Waals surface area (Å²) in [5, 5.41) is 9.32. The van der Waals surface area contributed by atoms with Crippen LogP contribution in [0.25, 0.3) is 27.5 Å². The fraction of sp³-hybridized carbons (Fsp3) is 0. The molecule has 0 amide bonds. The van der Waals surface area contributed by atoms with Gasteiger partial charge in [0.15, 0.2) is 0 Å². The molecule has 0 N–H and O–H groups in total. The Balaban J connectivity index is 1.37. The average Bonchev–Trinajstić information content (AvgIpc) is 3.25. The monoisotopic (exact) mass is 437 g/mol. The third kappa shape index (κ3) is 3.63. The molecule has 3 heteroatoms. The highest BCUT2D eigenvalue weighted by Crippen LogP contribution is 2.31.